The smallest absolute Gasteiger partial charge is 0.225 e. The van der Waals surface area contributed by atoms with Crippen molar-refractivity contribution < 1.29 is 19.1 Å². The maximum atomic E-state index is 13.3. The number of para-hydroxylation sites is 1. The van der Waals surface area contributed by atoms with Gasteiger partial charge in [-0.3, -0.25) is 9.59 Å². The van der Waals surface area contributed by atoms with Crippen LogP contribution >= 0.6 is 15.9 Å². The zero-order valence-corrected chi connectivity index (χ0v) is 21.9. The lowest BCUT2D eigenvalue weighted by atomic mass is 10.0. The van der Waals surface area contributed by atoms with Gasteiger partial charge in [-0.1, -0.05) is 94.8 Å². The molecule has 4 rings (SSSR count). The van der Waals surface area contributed by atoms with Crippen LogP contribution in [0.1, 0.15) is 16.7 Å². The Bertz CT molecular complexity index is 1290. The van der Waals surface area contributed by atoms with Crippen molar-refractivity contribution in [3.05, 3.63) is 130 Å². The fraction of sp³-hybridized carbons (Fsp3) is 0.161. The van der Waals surface area contributed by atoms with E-state index in [4.69, 9.17) is 9.47 Å². The third-order valence-electron chi connectivity index (χ3n) is 5.71. The molecule has 0 saturated heterocycles. The minimum atomic E-state index is -0.765. The van der Waals surface area contributed by atoms with Crippen LogP contribution in [0.15, 0.2) is 114 Å². The molecule has 188 valence electrons. The van der Waals surface area contributed by atoms with Gasteiger partial charge in [-0.2, -0.15) is 0 Å². The lowest BCUT2D eigenvalue weighted by molar-refractivity contribution is -0.128. The van der Waals surface area contributed by atoms with E-state index < -0.39 is 6.04 Å². The molecule has 0 spiro atoms. The first-order valence-corrected chi connectivity index (χ1v) is 12.8. The summed E-state index contributed by atoms with van der Waals surface area (Å²) in [6, 6.07) is 33.4. The highest BCUT2D eigenvalue weighted by Gasteiger charge is 2.22. The van der Waals surface area contributed by atoms with Crippen LogP contribution in [0.4, 0.5) is 0 Å². The molecule has 1 atom stereocenters. The van der Waals surface area contributed by atoms with Crippen molar-refractivity contribution in [2.24, 2.45) is 0 Å². The predicted molar refractivity (Wildman–Crippen MR) is 148 cm³/mol. The highest BCUT2D eigenvalue weighted by Crippen LogP contribution is 2.21. The molecule has 0 aromatic heterocycles. The van der Waals surface area contributed by atoms with E-state index in [1.807, 2.05) is 109 Å². The highest BCUT2D eigenvalue weighted by atomic mass is 79.9. The summed E-state index contributed by atoms with van der Waals surface area (Å²) in [6.07, 6.45) is 0.329. The quantitative estimate of drug-likeness (QED) is 0.222. The molecule has 0 radical (unpaired) electrons. The summed E-state index contributed by atoms with van der Waals surface area (Å²) in [6.45, 7) is 0.445. The number of benzene rings is 4. The number of ether oxygens (including phenoxy) is 2. The molecule has 6 heteroatoms. The molecular formula is C31H28BrNO4. The second-order valence-corrected chi connectivity index (χ2v) is 9.45. The van der Waals surface area contributed by atoms with E-state index >= 15 is 0 Å². The van der Waals surface area contributed by atoms with E-state index in [0.717, 1.165) is 26.9 Å². The molecule has 0 bridgehead atoms. The molecule has 0 aliphatic heterocycles. The van der Waals surface area contributed by atoms with Gasteiger partial charge in [0.1, 0.15) is 17.5 Å². The van der Waals surface area contributed by atoms with E-state index in [2.05, 4.69) is 21.2 Å². The summed E-state index contributed by atoms with van der Waals surface area (Å²) in [5, 5.41) is 2.88. The third kappa shape index (κ3) is 8.41. The number of amides is 1. The standard InChI is InChI=1S/C31H28BrNO4/c32-28-14-8-7-11-25(28)20-31(35)33-29(22-36-21-24-9-3-1-4-10-24)30(34)19-23-15-17-27(18-16-23)37-26-12-5-2-6-13-26/h1-18,29H,19-22H2,(H,33,35). The van der Waals surface area contributed by atoms with Crippen molar-refractivity contribution in [1.29, 1.82) is 0 Å². The second kappa shape index (κ2) is 13.5. The zero-order valence-electron chi connectivity index (χ0n) is 20.3. The van der Waals surface area contributed by atoms with Gasteiger partial charge >= 0.3 is 0 Å². The minimum absolute atomic E-state index is 0.0879. The second-order valence-electron chi connectivity index (χ2n) is 8.59. The van der Waals surface area contributed by atoms with Crippen LogP contribution in [-0.2, 0) is 33.8 Å². The van der Waals surface area contributed by atoms with E-state index in [1.165, 1.54) is 0 Å². The number of hydrogen-bond acceptors (Lipinski definition) is 4. The van der Waals surface area contributed by atoms with Crippen LogP contribution in [0, 0.1) is 0 Å². The summed E-state index contributed by atoms with van der Waals surface area (Å²) in [7, 11) is 0. The normalized spacial score (nSPS) is 11.5. The largest absolute Gasteiger partial charge is 0.457 e. The number of Topliss-reactive ketones (excluding diaryl/α,β-unsaturated/α-hetero) is 1. The van der Waals surface area contributed by atoms with E-state index in [0.29, 0.717) is 12.4 Å². The lowest BCUT2D eigenvalue weighted by Gasteiger charge is -2.19. The van der Waals surface area contributed by atoms with Crippen LogP contribution in [-0.4, -0.2) is 24.3 Å². The van der Waals surface area contributed by atoms with Gasteiger partial charge in [-0.25, -0.2) is 0 Å². The third-order valence-corrected chi connectivity index (χ3v) is 6.48. The molecule has 0 aliphatic carbocycles. The van der Waals surface area contributed by atoms with E-state index in [1.54, 1.807) is 0 Å². The number of halogens is 1. The first-order valence-electron chi connectivity index (χ1n) is 12.1. The van der Waals surface area contributed by atoms with Gasteiger partial charge in [0.25, 0.3) is 0 Å². The molecule has 4 aromatic rings. The fourth-order valence-electron chi connectivity index (χ4n) is 3.77. The average Bonchev–Trinajstić information content (AvgIpc) is 2.92. The van der Waals surface area contributed by atoms with E-state index in [9.17, 15) is 9.59 Å². The molecule has 0 heterocycles. The Morgan fingerprint density at radius 2 is 1.32 bits per heavy atom. The Morgan fingerprint density at radius 3 is 2.03 bits per heavy atom. The van der Waals surface area contributed by atoms with Crippen LogP contribution in [0.25, 0.3) is 0 Å². The van der Waals surface area contributed by atoms with Gasteiger partial charge in [0.2, 0.25) is 5.91 Å². The number of carbonyl (C=O) groups is 2. The molecule has 0 fully saturated rings. The van der Waals surface area contributed by atoms with Crippen molar-refractivity contribution in [1.82, 2.24) is 5.32 Å². The number of nitrogens with one attached hydrogen (secondary N) is 1. The molecule has 1 amide bonds. The number of ketones is 1. The minimum Gasteiger partial charge on any atom is -0.457 e. The van der Waals surface area contributed by atoms with Gasteiger partial charge in [0, 0.05) is 10.9 Å². The zero-order chi connectivity index (χ0) is 25.9. The monoisotopic (exact) mass is 557 g/mol. The first kappa shape index (κ1) is 26.3. The lowest BCUT2D eigenvalue weighted by Crippen LogP contribution is -2.45. The maximum absolute atomic E-state index is 13.3. The number of carbonyl (C=O) groups excluding carboxylic acids is 2. The summed E-state index contributed by atoms with van der Waals surface area (Å²) < 4.78 is 12.5. The number of rotatable bonds is 12. The Kier molecular flexibility index (Phi) is 9.63. The molecule has 4 aromatic carbocycles. The molecule has 0 saturated carbocycles. The summed E-state index contributed by atoms with van der Waals surface area (Å²) in [5.41, 5.74) is 2.69. The fourth-order valence-corrected chi connectivity index (χ4v) is 4.19. The molecule has 5 nitrogen and oxygen atoms in total. The predicted octanol–water partition coefficient (Wildman–Crippen LogP) is 6.30. The molecule has 0 aliphatic rings. The first-order chi connectivity index (χ1) is 18.1. The summed E-state index contributed by atoms with van der Waals surface area (Å²) >= 11 is 3.48. The SMILES string of the molecule is O=C(Cc1ccccc1Br)NC(COCc1ccccc1)C(=O)Cc1ccc(Oc2ccccc2)cc1. The van der Waals surface area contributed by atoms with Crippen molar-refractivity contribution >= 4 is 27.6 Å². The molecule has 1 unspecified atom stereocenters. The topological polar surface area (TPSA) is 64.6 Å². The Balaban J connectivity index is 1.39. The Hall–Kier alpha value is -3.74. The average molecular weight is 558 g/mol. The van der Waals surface area contributed by atoms with E-state index in [-0.39, 0.29) is 31.1 Å². The highest BCUT2D eigenvalue weighted by molar-refractivity contribution is 9.10. The Labute approximate surface area is 225 Å². The Morgan fingerprint density at radius 1 is 0.703 bits per heavy atom. The van der Waals surface area contributed by atoms with Crippen LogP contribution in [0.5, 0.6) is 11.5 Å². The van der Waals surface area contributed by atoms with Crippen LogP contribution in [0.3, 0.4) is 0 Å². The van der Waals surface area contributed by atoms with Crippen molar-refractivity contribution in [3.63, 3.8) is 0 Å². The van der Waals surface area contributed by atoms with Gasteiger partial charge in [0.05, 0.1) is 19.6 Å². The van der Waals surface area contributed by atoms with Gasteiger partial charge in [0.15, 0.2) is 5.78 Å². The molecule has 37 heavy (non-hydrogen) atoms. The molecular weight excluding hydrogens is 530 g/mol. The van der Waals surface area contributed by atoms with Crippen molar-refractivity contribution in [2.75, 3.05) is 6.61 Å². The van der Waals surface area contributed by atoms with Gasteiger partial charge in [-0.05, 0) is 47.0 Å². The summed E-state index contributed by atoms with van der Waals surface area (Å²) in [4.78, 5) is 26.1. The van der Waals surface area contributed by atoms with Gasteiger partial charge < -0.3 is 14.8 Å². The maximum Gasteiger partial charge on any atom is 0.225 e. The van der Waals surface area contributed by atoms with Crippen molar-refractivity contribution in [3.8, 4) is 11.5 Å². The van der Waals surface area contributed by atoms with Gasteiger partial charge in [-0.15, -0.1) is 0 Å². The van der Waals surface area contributed by atoms with Crippen LogP contribution < -0.4 is 10.1 Å². The summed E-state index contributed by atoms with van der Waals surface area (Å²) in [5.74, 6) is 1.08. The number of hydrogen-bond donors (Lipinski definition) is 1. The molecule has 1 N–H and O–H groups in total. The van der Waals surface area contributed by atoms with Crippen molar-refractivity contribution in [2.45, 2.75) is 25.5 Å². The van der Waals surface area contributed by atoms with Crippen LogP contribution in [0.2, 0.25) is 0 Å².